The van der Waals surface area contributed by atoms with Crippen molar-refractivity contribution in [2.75, 3.05) is 20.7 Å². The summed E-state index contributed by atoms with van der Waals surface area (Å²) in [6.07, 6.45) is 0. The van der Waals surface area contributed by atoms with E-state index < -0.39 is 0 Å². The number of methoxy groups -OCH3 is 1. The molecule has 1 aromatic carbocycles. The molecule has 19 heavy (non-hydrogen) atoms. The summed E-state index contributed by atoms with van der Waals surface area (Å²) in [5, 5.41) is 0. The molecule has 4 heteroatoms. The van der Waals surface area contributed by atoms with Crippen LogP contribution in [-0.2, 0) is 0 Å². The van der Waals surface area contributed by atoms with Crippen molar-refractivity contribution >= 4 is 0 Å². The molecular formula is C15H25FN2O. The summed E-state index contributed by atoms with van der Waals surface area (Å²) in [5.74, 6) is 0.435. The molecular weight excluding hydrogens is 243 g/mol. The summed E-state index contributed by atoms with van der Waals surface area (Å²) < 4.78 is 18.7. The van der Waals surface area contributed by atoms with Crippen LogP contribution in [-0.4, -0.2) is 31.6 Å². The molecule has 0 aliphatic carbocycles. The number of nitrogens with two attached hydrogens (primary N) is 1. The molecule has 0 amide bonds. The highest BCUT2D eigenvalue weighted by molar-refractivity contribution is 5.31. The summed E-state index contributed by atoms with van der Waals surface area (Å²) in [6.45, 7) is 6.96. The third kappa shape index (κ3) is 3.67. The van der Waals surface area contributed by atoms with Crippen LogP contribution in [0.4, 0.5) is 4.39 Å². The molecule has 0 aliphatic heterocycles. The molecule has 0 aromatic heterocycles. The lowest BCUT2D eigenvalue weighted by atomic mass is 9.99. The van der Waals surface area contributed by atoms with E-state index >= 15 is 0 Å². The van der Waals surface area contributed by atoms with Gasteiger partial charge in [0.2, 0.25) is 0 Å². The summed E-state index contributed by atoms with van der Waals surface area (Å²) >= 11 is 0. The zero-order valence-corrected chi connectivity index (χ0v) is 12.5. The highest BCUT2D eigenvalue weighted by atomic mass is 19.1. The van der Waals surface area contributed by atoms with E-state index in [-0.39, 0.29) is 17.6 Å². The molecule has 2 atom stereocenters. The van der Waals surface area contributed by atoms with Gasteiger partial charge in [0.1, 0.15) is 0 Å². The van der Waals surface area contributed by atoms with Crippen molar-refractivity contribution in [1.29, 1.82) is 0 Å². The molecule has 0 aliphatic rings. The number of benzene rings is 1. The first kappa shape index (κ1) is 15.9. The number of halogens is 1. The van der Waals surface area contributed by atoms with E-state index in [2.05, 4.69) is 25.7 Å². The van der Waals surface area contributed by atoms with Gasteiger partial charge < -0.3 is 10.5 Å². The fourth-order valence-electron chi connectivity index (χ4n) is 2.18. The Morgan fingerprint density at radius 2 is 1.95 bits per heavy atom. The lowest BCUT2D eigenvalue weighted by molar-refractivity contribution is 0.151. The van der Waals surface area contributed by atoms with Crippen LogP contribution >= 0.6 is 0 Å². The van der Waals surface area contributed by atoms with Gasteiger partial charge in [0, 0.05) is 18.6 Å². The molecule has 0 heterocycles. The molecule has 0 fully saturated rings. The maximum atomic E-state index is 13.8. The van der Waals surface area contributed by atoms with Gasteiger partial charge in [0.25, 0.3) is 0 Å². The minimum absolute atomic E-state index is 0.0119. The van der Waals surface area contributed by atoms with E-state index in [1.165, 1.54) is 13.2 Å². The lowest BCUT2D eigenvalue weighted by Crippen LogP contribution is -2.39. The van der Waals surface area contributed by atoms with Crippen LogP contribution in [0.1, 0.15) is 32.4 Å². The maximum Gasteiger partial charge on any atom is 0.165 e. The SMILES string of the molecule is COc1ccc(C(CN)N(C)C(C)C(C)C)cc1F. The standard InChI is InChI=1S/C15H25FN2O/c1-10(2)11(3)18(4)14(9-17)12-6-7-15(19-5)13(16)8-12/h6-8,10-11,14H,9,17H2,1-5H3. The summed E-state index contributed by atoms with van der Waals surface area (Å²) in [4.78, 5) is 2.20. The third-order valence-electron chi connectivity index (χ3n) is 3.88. The second-order valence-corrected chi connectivity index (χ2v) is 5.30. The molecule has 0 saturated carbocycles. The van der Waals surface area contributed by atoms with Crippen LogP contribution in [0.5, 0.6) is 5.75 Å². The summed E-state index contributed by atoms with van der Waals surface area (Å²) in [5.41, 5.74) is 6.75. The van der Waals surface area contributed by atoms with E-state index in [1.807, 2.05) is 13.1 Å². The Morgan fingerprint density at radius 3 is 2.37 bits per heavy atom. The number of hydrogen-bond donors (Lipinski definition) is 1. The zero-order valence-electron chi connectivity index (χ0n) is 12.5. The minimum atomic E-state index is -0.343. The summed E-state index contributed by atoms with van der Waals surface area (Å²) in [7, 11) is 3.50. The minimum Gasteiger partial charge on any atom is -0.494 e. The number of hydrogen-bond acceptors (Lipinski definition) is 3. The van der Waals surface area contributed by atoms with Gasteiger partial charge in [0.05, 0.1) is 7.11 Å². The molecule has 0 radical (unpaired) electrons. The van der Waals surface area contributed by atoms with Crippen molar-refractivity contribution in [3.8, 4) is 5.75 Å². The van der Waals surface area contributed by atoms with Crippen molar-refractivity contribution in [2.24, 2.45) is 11.7 Å². The van der Waals surface area contributed by atoms with Gasteiger partial charge in [-0.1, -0.05) is 19.9 Å². The van der Waals surface area contributed by atoms with Crippen molar-refractivity contribution in [1.82, 2.24) is 4.90 Å². The first-order valence-electron chi connectivity index (χ1n) is 6.67. The van der Waals surface area contributed by atoms with E-state index in [0.717, 1.165) is 5.56 Å². The monoisotopic (exact) mass is 268 g/mol. The maximum absolute atomic E-state index is 13.8. The Labute approximate surface area is 115 Å². The normalized spacial score (nSPS) is 14.8. The fraction of sp³-hybridized carbons (Fsp3) is 0.600. The largest absolute Gasteiger partial charge is 0.494 e. The molecule has 108 valence electrons. The Balaban J connectivity index is 3.00. The quantitative estimate of drug-likeness (QED) is 0.862. The highest BCUT2D eigenvalue weighted by Crippen LogP contribution is 2.26. The molecule has 3 nitrogen and oxygen atoms in total. The second kappa shape index (κ2) is 6.87. The van der Waals surface area contributed by atoms with Crippen LogP contribution in [0.3, 0.4) is 0 Å². The van der Waals surface area contributed by atoms with Gasteiger partial charge in [-0.15, -0.1) is 0 Å². The Kier molecular flexibility index (Phi) is 5.76. The summed E-state index contributed by atoms with van der Waals surface area (Å²) in [6, 6.07) is 5.43. The van der Waals surface area contributed by atoms with E-state index in [4.69, 9.17) is 10.5 Å². The van der Waals surface area contributed by atoms with Gasteiger partial charge in [-0.2, -0.15) is 0 Å². The Hall–Kier alpha value is -1.13. The van der Waals surface area contributed by atoms with Crippen LogP contribution < -0.4 is 10.5 Å². The molecule has 0 spiro atoms. The number of ether oxygens (including phenoxy) is 1. The number of likely N-dealkylation sites (N-methyl/N-ethyl adjacent to an activating group) is 1. The van der Waals surface area contributed by atoms with E-state index in [0.29, 0.717) is 18.5 Å². The Bertz CT molecular complexity index is 409. The third-order valence-corrected chi connectivity index (χ3v) is 3.88. The average Bonchev–Trinajstić information content (AvgIpc) is 2.38. The molecule has 2 unspecified atom stereocenters. The number of rotatable bonds is 6. The molecule has 1 rings (SSSR count). The van der Waals surface area contributed by atoms with Crippen LogP contribution in [0, 0.1) is 11.7 Å². The van der Waals surface area contributed by atoms with Gasteiger partial charge >= 0.3 is 0 Å². The van der Waals surface area contributed by atoms with Gasteiger partial charge in [-0.3, -0.25) is 4.90 Å². The second-order valence-electron chi connectivity index (χ2n) is 5.30. The van der Waals surface area contributed by atoms with Crippen LogP contribution in [0.25, 0.3) is 0 Å². The van der Waals surface area contributed by atoms with E-state index in [9.17, 15) is 4.39 Å². The topological polar surface area (TPSA) is 38.5 Å². The first-order valence-corrected chi connectivity index (χ1v) is 6.67. The first-order chi connectivity index (χ1) is 8.92. The fourth-order valence-corrected chi connectivity index (χ4v) is 2.18. The van der Waals surface area contributed by atoms with Crippen molar-refractivity contribution < 1.29 is 9.13 Å². The zero-order chi connectivity index (χ0) is 14.6. The Morgan fingerprint density at radius 1 is 1.32 bits per heavy atom. The molecule has 0 saturated heterocycles. The predicted molar refractivity (Wildman–Crippen MR) is 76.8 cm³/mol. The van der Waals surface area contributed by atoms with Crippen molar-refractivity contribution in [3.05, 3.63) is 29.6 Å². The molecule has 0 bridgehead atoms. The van der Waals surface area contributed by atoms with Gasteiger partial charge in [-0.25, -0.2) is 4.39 Å². The number of nitrogens with zero attached hydrogens (tertiary/aromatic N) is 1. The highest BCUT2D eigenvalue weighted by Gasteiger charge is 2.23. The lowest BCUT2D eigenvalue weighted by Gasteiger charge is -2.35. The van der Waals surface area contributed by atoms with Crippen molar-refractivity contribution in [3.63, 3.8) is 0 Å². The van der Waals surface area contributed by atoms with Gasteiger partial charge in [0.15, 0.2) is 11.6 Å². The predicted octanol–water partition coefficient (Wildman–Crippen LogP) is 2.81. The van der Waals surface area contributed by atoms with Crippen LogP contribution in [0.15, 0.2) is 18.2 Å². The smallest absolute Gasteiger partial charge is 0.165 e. The van der Waals surface area contributed by atoms with Crippen molar-refractivity contribution in [2.45, 2.75) is 32.9 Å². The molecule has 2 N–H and O–H groups in total. The van der Waals surface area contributed by atoms with Gasteiger partial charge in [-0.05, 0) is 37.6 Å². The van der Waals surface area contributed by atoms with E-state index in [1.54, 1.807) is 6.07 Å². The van der Waals surface area contributed by atoms with Crippen LogP contribution in [0.2, 0.25) is 0 Å². The average molecular weight is 268 g/mol. The molecule has 1 aromatic rings.